The van der Waals surface area contributed by atoms with Crippen molar-refractivity contribution < 1.29 is 4.92 Å². The van der Waals surface area contributed by atoms with Crippen LogP contribution in [-0.4, -0.2) is 28.0 Å². The van der Waals surface area contributed by atoms with Gasteiger partial charge in [-0.3, -0.25) is 0 Å². The fourth-order valence-corrected chi connectivity index (χ4v) is 1.92. The molecule has 0 spiro atoms. The predicted octanol–water partition coefficient (Wildman–Crippen LogP) is 1.62. The summed E-state index contributed by atoms with van der Waals surface area (Å²) in [6, 6.07) is 0. The average molecular weight is 210 g/mol. The van der Waals surface area contributed by atoms with E-state index in [1.165, 1.54) is 6.42 Å². The Morgan fingerprint density at radius 3 is 2.67 bits per heavy atom. The molecular formula is C9H14N4O2. The van der Waals surface area contributed by atoms with Gasteiger partial charge in [-0.1, -0.05) is 0 Å². The van der Waals surface area contributed by atoms with Crippen LogP contribution in [0.4, 0.5) is 11.6 Å². The fraction of sp³-hybridized carbons (Fsp3) is 0.667. The van der Waals surface area contributed by atoms with Crippen LogP contribution < -0.4 is 4.90 Å². The molecule has 1 aromatic rings. The Morgan fingerprint density at radius 2 is 2.07 bits per heavy atom. The summed E-state index contributed by atoms with van der Waals surface area (Å²) in [4.78, 5) is 19.3. The first-order chi connectivity index (χ1) is 7.18. The number of hydrogen-bond acceptors (Lipinski definition) is 4. The molecule has 0 radical (unpaired) electrons. The molecule has 0 aliphatic carbocycles. The molecule has 0 atom stereocenters. The Balaban J connectivity index is 2.28. The van der Waals surface area contributed by atoms with Crippen molar-refractivity contribution in [1.82, 2.24) is 9.97 Å². The number of imidazole rings is 1. The predicted molar refractivity (Wildman–Crippen MR) is 56.0 cm³/mol. The van der Waals surface area contributed by atoms with Gasteiger partial charge in [-0.2, -0.15) is 4.98 Å². The van der Waals surface area contributed by atoms with Crippen molar-refractivity contribution in [3.8, 4) is 0 Å². The summed E-state index contributed by atoms with van der Waals surface area (Å²) in [5.74, 6) is 1.12. The van der Waals surface area contributed by atoms with Gasteiger partial charge in [0.25, 0.3) is 0 Å². The number of nitrogens with zero attached hydrogens (tertiary/aromatic N) is 3. The first-order valence-electron chi connectivity index (χ1n) is 5.14. The standard InChI is InChI=1S/C9H14N4O2/c1-7-10-8(9(11-7)13(14)15)12-5-3-2-4-6-12/h2-6H2,1H3,(H,10,11). The van der Waals surface area contributed by atoms with Gasteiger partial charge in [0.1, 0.15) is 0 Å². The second-order valence-electron chi connectivity index (χ2n) is 3.80. The Morgan fingerprint density at radius 1 is 1.40 bits per heavy atom. The third kappa shape index (κ3) is 1.93. The van der Waals surface area contributed by atoms with E-state index >= 15 is 0 Å². The van der Waals surface area contributed by atoms with Crippen molar-refractivity contribution in [2.45, 2.75) is 26.2 Å². The van der Waals surface area contributed by atoms with Gasteiger partial charge < -0.3 is 15.0 Å². The first-order valence-corrected chi connectivity index (χ1v) is 5.14. The van der Waals surface area contributed by atoms with E-state index < -0.39 is 4.92 Å². The third-order valence-electron chi connectivity index (χ3n) is 2.62. The smallest absolute Gasteiger partial charge is 0.358 e. The van der Waals surface area contributed by atoms with Crippen LogP contribution in [-0.2, 0) is 0 Å². The molecule has 15 heavy (non-hydrogen) atoms. The maximum absolute atomic E-state index is 10.8. The second kappa shape index (κ2) is 3.88. The van der Waals surface area contributed by atoms with Crippen LogP contribution in [0.1, 0.15) is 25.1 Å². The van der Waals surface area contributed by atoms with Crippen molar-refractivity contribution in [3.05, 3.63) is 15.9 Å². The zero-order chi connectivity index (χ0) is 10.8. The van der Waals surface area contributed by atoms with Crippen LogP contribution >= 0.6 is 0 Å². The molecular weight excluding hydrogens is 196 g/mol. The number of H-pyrrole nitrogens is 1. The highest BCUT2D eigenvalue weighted by molar-refractivity contribution is 5.54. The van der Waals surface area contributed by atoms with Crippen molar-refractivity contribution >= 4 is 11.6 Å². The maximum Gasteiger partial charge on any atom is 0.365 e. The van der Waals surface area contributed by atoms with Gasteiger partial charge >= 0.3 is 5.82 Å². The lowest BCUT2D eigenvalue weighted by Crippen LogP contribution is -2.30. The Kier molecular flexibility index (Phi) is 2.57. The molecule has 6 nitrogen and oxygen atoms in total. The Labute approximate surface area is 87.5 Å². The molecule has 6 heteroatoms. The summed E-state index contributed by atoms with van der Waals surface area (Å²) >= 11 is 0. The van der Waals surface area contributed by atoms with Gasteiger partial charge in [0, 0.05) is 20.0 Å². The number of nitrogens with one attached hydrogen (secondary N) is 1. The summed E-state index contributed by atoms with van der Waals surface area (Å²) in [5.41, 5.74) is 0. The summed E-state index contributed by atoms with van der Waals surface area (Å²) < 4.78 is 0. The molecule has 2 heterocycles. The highest BCUT2D eigenvalue weighted by Crippen LogP contribution is 2.27. The number of hydrogen-bond donors (Lipinski definition) is 1. The topological polar surface area (TPSA) is 75.1 Å². The minimum atomic E-state index is -0.399. The van der Waals surface area contributed by atoms with Crippen LogP contribution in [0.25, 0.3) is 0 Å². The van der Waals surface area contributed by atoms with Gasteiger partial charge in [-0.05, 0) is 24.2 Å². The van der Waals surface area contributed by atoms with E-state index in [9.17, 15) is 10.1 Å². The molecule has 1 aliphatic rings. The number of aromatic amines is 1. The number of nitro groups is 1. The van der Waals surface area contributed by atoms with Crippen LogP contribution in [0, 0.1) is 17.0 Å². The number of rotatable bonds is 2. The summed E-state index contributed by atoms with van der Waals surface area (Å²) in [6.45, 7) is 3.47. The quantitative estimate of drug-likeness (QED) is 0.594. The molecule has 0 unspecified atom stereocenters. The molecule has 82 valence electrons. The Bertz CT molecular complexity index is 368. The van der Waals surface area contributed by atoms with Crippen molar-refractivity contribution in [1.29, 1.82) is 0 Å². The fourth-order valence-electron chi connectivity index (χ4n) is 1.92. The van der Waals surface area contributed by atoms with Gasteiger partial charge in [-0.15, -0.1) is 0 Å². The normalized spacial score (nSPS) is 16.7. The van der Waals surface area contributed by atoms with E-state index in [-0.39, 0.29) is 5.82 Å². The molecule has 0 bridgehead atoms. The van der Waals surface area contributed by atoms with E-state index in [4.69, 9.17) is 0 Å². The number of piperidine rings is 1. The third-order valence-corrected chi connectivity index (χ3v) is 2.62. The van der Waals surface area contributed by atoms with E-state index in [1.54, 1.807) is 6.92 Å². The van der Waals surface area contributed by atoms with E-state index in [0.29, 0.717) is 11.6 Å². The van der Waals surface area contributed by atoms with Gasteiger partial charge in [0.2, 0.25) is 5.82 Å². The van der Waals surface area contributed by atoms with Crippen LogP contribution in [0.3, 0.4) is 0 Å². The highest BCUT2D eigenvalue weighted by atomic mass is 16.6. The van der Waals surface area contributed by atoms with E-state index in [1.807, 2.05) is 4.90 Å². The summed E-state index contributed by atoms with van der Waals surface area (Å²) in [6.07, 6.45) is 3.37. The van der Waals surface area contributed by atoms with Crippen LogP contribution in [0.5, 0.6) is 0 Å². The first kappa shape index (κ1) is 9.95. The van der Waals surface area contributed by atoms with Crippen molar-refractivity contribution in [3.63, 3.8) is 0 Å². The number of aryl methyl sites for hydroxylation is 1. The highest BCUT2D eigenvalue weighted by Gasteiger charge is 2.24. The summed E-state index contributed by atoms with van der Waals surface area (Å²) in [7, 11) is 0. The van der Waals surface area contributed by atoms with Crippen LogP contribution in [0.2, 0.25) is 0 Å². The lowest BCUT2D eigenvalue weighted by atomic mass is 10.1. The number of aromatic nitrogens is 2. The lowest BCUT2D eigenvalue weighted by molar-refractivity contribution is -0.388. The largest absolute Gasteiger partial charge is 0.365 e. The zero-order valence-electron chi connectivity index (χ0n) is 8.69. The molecule has 1 saturated heterocycles. The zero-order valence-corrected chi connectivity index (χ0v) is 8.69. The molecule has 0 aromatic carbocycles. The molecule has 1 fully saturated rings. The van der Waals surface area contributed by atoms with Crippen molar-refractivity contribution in [2.75, 3.05) is 18.0 Å². The molecule has 0 amide bonds. The average Bonchev–Trinajstić information content (AvgIpc) is 2.62. The minimum Gasteiger partial charge on any atom is -0.358 e. The second-order valence-corrected chi connectivity index (χ2v) is 3.80. The van der Waals surface area contributed by atoms with Crippen molar-refractivity contribution in [2.24, 2.45) is 0 Å². The monoisotopic (exact) mass is 210 g/mol. The molecule has 1 aliphatic heterocycles. The molecule has 1 N–H and O–H groups in total. The van der Waals surface area contributed by atoms with Gasteiger partial charge in [-0.25, -0.2) is 4.98 Å². The minimum absolute atomic E-state index is 0.0226. The van der Waals surface area contributed by atoms with Crippen LogP contribution in [0.15, 0.2) is 0 Å². The van der Waals surface area contributed by atoms with Gasteiger partial charge in [0.15, 0.2) is 5.82 Å². The Hall–Kier alpha value is -1.59. The lowest BCUT2D eigenvalue weighted by Gasteiger charge is -2.25. The molecule has 2 rings (SSSR count). The number of anilines is 1. The SMILES string of the molecule is Cc1nc(N2CCCCC2)c([N+](=O)[O-])[nH]1. The van der Waals surface area contributed by atoms with E-state index in [0.717, 1.165) is 25.9 Å². The molecule has 0 saturated carbocycles. The molecule has 1 aromatic heterocycles. The summed E-state index contributed by atoms with van der Waals surface area (Å²) in [5, 5.41) is 10.8. The van der Waals surface area contributed by atoms with Gasteiger partial charge in [0.05, 0.1) is 0 Å². The maximum atomic E-state index is 10.8. The van der Waals surface area contributed by atoms with E-state index in [2.05, 4.69) is 9.97 Å².